The zero-order valence-corrected chi connectivity index (χ0v) is 16.5. The third kappa shape index (κ3) is 5.06. The number of carbonyl (C=O) groups excluding carboxylic acids is 2. The van der Waals surface area contributed by atoms with Crippen molar-refractivity contribution >= 4 is 11.9 Å². The molecular formula is C21H28N4O3. The van der Waals surface area contributed by atoms with E-state index >= 15 is 0 Å². The van der Waals surface area contributed by atoms with Crippen molar-refractivity contribution in [1.29, 1.82) is 0 Å². The van der Waals surface area contributed by atoms with Gasteiger partial charge in [-0.25, -0.2) is 4.79 Å². The van der Waals surface area contributed by atoms with Gasteiger partial charge in [-0.3, -0.25) is 4.79 Å². The molecule has 0 aliphatic carbocycles. The van der Waals surface area contributed by atoms with Gasteiger partial charge in [0.05, 0.1) is 6.10 Å². The highest BCUT2D eigenvalue weighted by Crippen LogP contribution is 2.16. The molecular weight excluding hydrogens is 356 g/mol. The number of urea groups is 1. The summed E-state index contributed by atoms with van der Waals surface area (Å²) in [5.74, 6) is 0.792. The molecule has 1 atom stereocenters. The van der Waals surface area contributed by atoms with E-state index in [9.17, 15) is 9.59 Å². The highest BCUT2D eigenvalue weighted by molar-refractivity contribution is 5.92. The van der Waals surface area contributed by atoms with Crippen molar-refractivity contribution in [2.45, 2.75) is 32.9 Å². The van der Waals surface area contributed by atoms with E-state index in [1.165, 1.54) is 0 Å². The second kappa shape index (κ2) is 9.30. The minimum atomic E-state index is -0.111. The highest BCUT2D eigenvalue weighted by atomic mass is 16.5. The van der Waals surface area contributed by atoms with Gasteiger partial charge in [0.2, 0.25) is 0 Å². The molecule has 3 amide bonds. The number of amides is 3. The number of benzene rings is 1. The lowest BCUT2D eigenvalue weighted by atomic mass is 10.2. The number of carbonyl (C=O) groups is 2. The van der Waals surface area contributed by atoms with Crippen molar-refractivity contribution in [2.24, 2.45) is 0 Å². The molecule has 0 spiro atoms. The van der Waals surface area contributed by atoms with E-state index < -0.39 is 0 Å². The van der Waals surface area contributed by atoms with E-state index in [4.69, 9.17) is 4.74 Å². The molecule has 0 saturated carbocycles. The van der Waals surface area contributed by atoms with Crippen molar-refractivity contribution in [3.63, 3.8) is 0 Å². The topological polar surface area (TPSA) is 77.7 Å². The van der Waals surface area contributed by atoms with Gasteiger partial charge in [0.15, 0.2) is 0 Å². The molecule has 1 fully saturated rings. The Morgan fingerprint density at radius 2 is 1.89 bits per heavy atom. The second-order valence-electron chi connectivity index (χ2n) is 7.01. The Balaban J connectivity index is 1.46. The van der Waals surface area contributed by atoms with E-state index in [-0.39, 0.29) is 18.0 Å². The maximum Gasteiger partial charge on any atom is 0.317 e. The molecule has 3 rings (SSSR count). The molecule has 0 radical (unpaired) electrons. The van der Waals surface area contributed by atoms with E-state index in [2.05, 4.69) is 17.2 Å². The van der Waals surface area contributed by atoms with Crippen LogP contribution in [0.3, 0.4) is 0 Å². The molecule has 7 heteroatoms. The number of ether oxygens (including phenoxy) is 1. The number of rotatable bonds is 6. The third-order valence-electron chi connectivity index (χ3n) is 4.94. The maximum atomic E-state index is 12.5. The van der Waals surface area contributed by atoms with Crippen LogP contribution in [0.25, 0.3) is 0 Å². The highest BCUT2D eigenvalue weighted by Gasteiger charge is 2.25. The van der Waals surface area contributed by atoms with Gasteiger partial charge < -0.3 is 24.8 Å². The Morgan fingerprint density at radius 3 is 2.57 bits per heavy atom. The standard InChI is InChI=1S/C21H28N4O3/c1-3-16(2)28-18-7-4-6-17(14-18)15-23-21(27)25-12-10-24(11-13-25)20(26)19-8-5-9-22-19/h4-9,14,16,22H,3,10-13,15H2,1-2H3,(H,23,27)/t16-/m1/s1. The van der Waals surface area contributed by atoms with Crippen LogP contribution in [0.15, 0.2) is 42.6 Å². The zero-order valence-electron chi connectivity index (χ0n) is 16.5. The predicted octanol–water partition coefficient (Wildman–Crippen LogP) is 2.86. The first-order valence-electron chi connectivity index (χ1n) is 9.78. The first kappa shape index (κ1) is 19.8. The van der Waals surface area contributed by atoms with Crippen molar-refractivity contribution in [3.8, 4) is 5.75 Å². The van der Waals surface area contributed by atoms with E-state index in [0.717, 1.165) is 17.7 Å². The molecule has 2 heterocycles. The molecule has 1 aliphatic rings. The Hall–Kier alpha value is -2.96. The summed E-state index contributed by atoms with van der Waals surface area (Å²) in [5, 5.41) is 2.96. The minimum absolute atomic E-state index is 0.0248. The summed E-state index contributed by atoms with van der Waals surface area (Å²) in [7, 11) is 0. The molecule has 2 aromatic rings. The number of H-pyrrole nitrogens is 1. The maximum absolute atomic E-state index is 12.5. The van der Waals surface area contributed by atoms with Crippen LogP contribution in [-0.4, -0.2) is 59.0 Å². The molecule has 1 saturated heterocycles. The quantitative estimate of drug-likeness (QED) is 0.804. The van der Waals surface area contributed by atoms with Gasteiger partial charge in [0, 0.05) is 38.9 Å². The monoisotopic (exact) mass is 384 g/mol. The van der Waals surface area contributed by atoms with Gasteiger partial charge in [-0.2, -0.15) is 0 Å². The second-order valence-corrected chi connectivity index (χ2v) is 7.01. The summed E-state index contributed by atoms with van der Waals surface area (Å²) in [6, 6.07) is 11.2. The Bertz CT molecular complexity index is 783. The number of nitrogens with zero attached hydrogens (tertiary/aromatic N) is 2. The fraction of sp³-hybridized carbons (Fsp3) is 0.429. The Morgan fingerprint density at radius 1 is 1.14 bits per heavy atom. The van der Waals surface area contributed by atoms with Crippen LogP contribution in [0, 0.1) is 0 Å². The molecule has 1 aromatic carbocycles. The van der Waals surface area contributed by atoms with Crippen molar-refractivity contribution in [1.82, 2.24) is 20.1 Å². The van der Waals surface area contributed by atoms with Crippen LogP contribution in [0.1, 0.15) is 36.3 Å². The fourth-order valence-electron chi connectivity index (χ4n) is 3.08. The van der Waals surface area contributed by atoms with Crippen LogP contribution in [0.4, 0.5) is 4.79 Å². The summed E-state index contributed by atoms with van der Waals surface area (Å²) >= 11 is 0. The number of nitrogens with one attached hydrogen (secondary N) is 2. The Labute approximate surface area is 165 Å². The molecule has 0 unspecified atom stereocenters. The number of piperazine rings is 1. The molecule has 150 valence electrons. The largest absolute Gasteiger partial charge is 0.491 e. The van der Waals surface area contributed by atoms with Gasteiger partial charge in [-0.05, 0) is 43.2 Å². The number of hydrogen-bond donors (Lipinski definition) is 2. The lowest BCUT2D eigenvalue weighted by molar-refractivity contribution is 0.0660. The number of aromatic amines is 1. The fourth-order valence-corrected chi connectivity index (χ4v) is 3.08. The van der Waals surface area contributed by atoms with Crippen molar-refractivity contribution in [3.05, 3.63) is 53.9 Å². The molecule has 1 aliphatic heterocycles. The molecule has 28 heavy (non-hydrogen) atoms. The van der Waals surface area contributed by atoms with Crippen molar-refractivity contribution < 1.29 is 14.3 Å². The lowest BCUT2D eigenvalue weighted by Gasteiger charge is -2.34. The summed E-state index contributed by atoms with van der Waals surface area (Å²) in [6.45, 7) is 6.67. The smallest absolute Gasteiger partial charge is 0.317 e. The van der Waals surface area contributed by atoms with Gasteiger partial charge in [0.1, 0.15) is 11.4 Å². The Kier molecular flexibility index (Phi) is 6.57. The normalized spacial score (nSPS) is 15.2. The zero-order chi connectivity index (χ0) is 19.9. The molecule has 0 bridgehead atoms. The van der Waals surface area contributed by atoms with Crippen LogP contribution in [0.5, 0.6) is 5.75 Å². The SMILES string of the molecule is CC[C@@H](C)Oc1cccc(CNC(=O)N2CCN(C(=O)c3ccc[nH]3)CC2)c1. The van der Waals surface area contributed by atoms with Crippen LogP contribution >= 0.6 is 0 Å². The summed E-state index contributed by atoms with van der Waals surface area (Å²) in [4.78, 5) is 31.3. The first-order valence-corrected chi connectivity index (χ1v) is 9.78. The average Bonchev–Trinajstić information content (AvgIpc) is 3.26. The summed E-state index contributed by atoms with van der Waals surface area (Å²) in [6.07, 6.45) is 2.84. The molecule has 1 aromatic heterocycles. The van der Waals surface area contributed by atoms with Gasteiger partial charge in [-0.1, -0.05) is 19.1 Å². The van der Waals surface area contributed by atoms with Crippen LogP contribution in [-0.2, 0) is 6.54 Å². The lowest BCUT2D eigenvalue weighted by Crippen LogP contribution is -2.53. The van der Waals surface area contributed by atoms with Crippen LogP contribution in [0.2, 0.25) is 0 Å². The first-order chi connectivity index (χ1) is 13.6. The van der Waals surface area contributed by atoms with E-state index in [1.54, 1.807) is 28.1 Å². The average molecular weight is 384 g/mol. The minimum Gasteiger partial charge on any atom is -0.491 e. The van der Waals surface area contributed by atoms with E-state index in [1.807, 2.05) is 31.2 Å². The summed E-state index contributed by atoms with van der Waals surface area (Å²) < 4.78 is 5.83. The van der Waals surface area contributed by atoms with Gasteiger partial charge in [-0.15, -0.1) is 0 Å². The number of aromatic nitrogens is 1. The van der Waals surface area contributed by atoms with Gasteiger partial charge >= 0.3 is 6.03 Å². The summed E-state index contributed by atoms with van der Waals surface area (Å²) in [5.41, 5.74) is 1.58. The molecule has 2 N–H and O–H groups in total. The third-order valence-corrected chi connectivity index (χ3v) is 4.94. The van der Waals surface area contributed by atoms with Crippen molar-refractivity contribution in [2.75, 3.05) is 26.2 Å². The van der Waals surface area contributed by atoms with Gasteiger partial charge in [0.25, 0.3) is 5.91 Å². The van der Waals surface area contributed by atoms with E-state index in [0.29, 0.717) is 38.4 Å². The van der Waals surface area contributed by atoms with Crippen LogP contribution < -0.4 is 10.1 Å². The predicted molar refractivity (Wildman–Crippen MR) is 107 cm³/mol. The number of hydrogen-bond acceptors (Lipinski definition) is 3. The molecule has 7 nitrogen and oxygen atoms in total.